The monoisotopic (exact) mass is 258 g/mol. The summed E-state index contributed by atoms with van der Waals surface area (Å²) in [6.45, 7) is 7.15. The molecule has 3 unspecified atom stereocenters. The van der Waals surface area contributed by atoms with E-state index in [1.54, 1.807) is 0 Å². The highest BCUT2D eigenvalue weighted by atomic mass is 32.2. The van der Waals surface area contributed by atoms with E-state index in [1.165, 1.54) is 0 Å². The smallest absolute Gasteiger partial charge is 0.225 e. The zero-order valence-corrected chi connectivity index (χ0v) is 12.1. The van der Waals surface area contributed by atoms with Gasteiger partial charge in [-0.15, -0.1) is 0 Å². The summed E-state index contributed by atoms with van der Waals surface area (Å²) < 4.78 is 0. The van der Waals surface area contributed by atoms with E-state index in [2.05, 4.69) is 18.7 Å². The van der Waals surface area contributed by atoms with E-state index in [9.17, 15) is 4.79 Å². The van der Waals surface area contributed by atoms with Gasteiger partial charge in [-0.2, -0.15) is 11.8 Å². The standard InChI is InChI=1S/C13H26N2OS/c1-10(5-4-6-11(2)14)13(16)15-7-8-17-9-12(15)3/h10-12H,4-9,14H2,1-3H3. The molecule has 1 aliphatic rings. The van der Waals surface area contributed by atoms with Gasteiger partial charge in [0.1, 0.15) is 0 Å². The Morgan fingerprint density at radius 3 is 2.76 bits per heavy atom. The highest BCUT2D eigenvalue weighted by Gasteiger charge is 2.26. The topological polar surface area (TPSA) is 46.3 Å². The van der Waals surface area contributed by atoms with Crippen LogP contribution >= 0.6 is 11.8 Å². The van der Waals surface area contributed by atoms with Crippen LogP contribution < -0.4 is 5.73 Å². The van der Waals surface area contributed by atoms with Crippen LogP contribution in [-0.2, 0) is 4.79 Å². The van der Waals surface area contributed by atoms with Crippen LogP contribution in [0.2, 0.25) is 0 Å². The first-order valence-corrected chi connectivity index (χ1v) is 7.81. The lowest BCUT2D eigenvalue weighted by Crippen LogP contribution is -2.46. The van der Waals surface area contributed by atoms with Crippen LogP contribution in [0, 0.1) is 5.92 Å². The Kier molecular flexibility index (Phi) is 6.34. The van der Waals surface area contributed by atoms with Crippen molar-refractivity contribution in [2.45, 2.75) is 52.1 Å². The molecule has 1 amide bonds. The summed E-state index contributed by atoms with van der Waals surface area (Å²) in [5.41, 5.74) is 5.72. The van der Waals surface area contributed by atoms with E-state index in [0.717, 1.165) is 37.3 Å². The minimum atomic E-state index is 0.152. The number of amides is 1. The maximum Gasteiger partial charge on any atom is 0.225 e. The van der Waals surface area contributed by atoms with Gasteiger partial charge < -0.3 is 10.6 Å². The SMILES string of the molecule is CC(N)CCCC(C)C(=O)N1CCSCC1C. The summed E-state index contributed by atoms with van der Waals surface area (Å²) in [5.74, 6) is 2.66. The van der Waals surface area contributed by atoms with Crippen molar-refractivity contribution in [3.05, 3.63) is 0 Å². The summed E-state index contributed by atoms with van der Waals surface area (Å²) in [5, 5.41) is 0. The highest BCUT2D eigenvalue weighted by Crippen LogP contribution is 2.20. The molecule has 1 aliphatic heterocycles. The average molecular weight is 258 g/mol. The Morgan fingerprint density at radius 1 is 1.47 bits per heavy atom. The number of hydrogen-bond acceptors (Lipinski definition) is 3. The van der Waals surface area contributed by atoms with Crippen molar-refractivity contribution in [1.82, 2.24) is 4.90 Å². The summed E-state index contributed by atoms with van der Waals surface area (Å²) in [7, 11) is 0. The Morgan fingerprint density at radius 2 is 2.18 bits per heavy atom. The van der Waals surface area contributed by atoms with Gasteiger partial charge in [0, 0.05) is 36.1 Å². The van der Waals surface area contributed by atoms with Gasteiger partial charge in [-0.25, -0.2) is 0 Å². The quantitative estimate of drug-likeness (QED) is 0.821. The molecule has 0 bridgehead atoms. The van der Waals surface area contributed by atoms with Crippen LogP contribution in [0.3, 0.4) is 0 Å². The molecule has 0 aromatic rings. The molecule has 1 fully saturated rings. The summed E-state index contributed by atoms with van der Waals surface area (Å²) >= 11 is 1.95. The normalized spacial score (nSPS) is 24.5. The van der Waals surface area contributed by atoms with Crippen molar-refractivity contribution in [3.63, 3.8) is 0 Å². The maximum atomic E-state index is 12.3. The van der Waals surface area contributed by atoms with Crippen LogP contribution in [0.15, 0.2) is 0 Å². The fourth-order valence-electron chi connectivity index (χ4n) is 2.21. The first-order chi connectivity index (χ1) is 8.02. The molecule has 1 heterocycles. The van der Waals surface area contributed by atoms with E-state index < -0.39 is 0 Å². The number of hydrogen-bond donors (Lipinski definition) is 1. The first-order valence-electron chi connectivity index (χ1n) is 6.66. The fraction of sp³-hybridized carbons (Fsp3) is 0.923. The van der Waals surface area contributed by atoms with Gasteiger partial charge in [0.25, 0.3) is 0 Å². The zero-order chi connectivity index (χ0) is 12.8. The number of thioether (sulfide) groups is 1. The molecule has 0 spiro atoms. The number of nitrogens with zero attached hydrogens (tertiary/aromatic N) is 1. The largest absolute Gasteiger partial charge is 0.338 e. The van der Waals surface area contributed by atoms with Gasteiger partial charge in [-0.1, -0.05) is 13.3 Å². The van der Waals surface area contributed by atoms with Gasteiger partial charge in [0.15, 0.2) is 0 Å². The fourth-order valence-corrected chi connectivity index (χ4v) is 3.22. The van der Waals surface area contributed by atoms with Gasteiger partial charge in [-0.3, -0.25) is 4.79 Å². The summed E-state index contributed by atoms with van der Waals surface area (Å²) in [6.07, 6.45) is 3.04. The lowest BCUT2D eigenvalue weighted by Gasteiger charge is -2.35. The van der Waals surface area contributed by atoms with Gasteiger partial charge in [0.05, 0.1) is 0 Å². The molecular weight excluding hydrogens is 232 g/mol. The molecule has 2 N–H and O–H groups in total. The van der Waals surface area contributed by atoms with Crippen molar-refractivity contribution in [2.24, 2.45) is 11.7 Å². The Bertz CT molecular complexity index is 246. The molecule has 0 aromatic heterocycles. The Labute approximate surface area is 109 Å². The second-order valence-corrected chi connectivity index (χ2v) is 6.41. The zero-order valence-electron chi connectivity index (χ0n) is 11.3. The molecule has 0 aliphatic carbocycles. The van der Waals surface area contributed by atoms with Crippen molar-refractivity contribution >= 4 is 17.7 Å². The molecule has 17 heavy (non-hydrogen) atoms. The van der Waals surface area contributed by atoms with Gasteiger partial charge in [0.2, 0.25) is 5.91 Å². The first kappa shape index (κ1) is 14.8. The minimum absolute atomic E-state index is 0.152. The van der Waals surface area contributed by atoms with Crippen LogP contribution in [0.25, 0.3) is 0 Å². The van der Waals surface area contributed by atoms with E-state index in [-0.39, 0.29) is 12.0 Å². The Balaban J connectivity index is 2.34. The van der Waals surface area contributed by atoms with Crippen LogP contribution in [0.4, 0.5) is 0 Å². The lowest BCUT2D eigenvalue weighted by atomic mass is 10.00. The third kappa shape index (κ3) is 4.88. The predicted octanol–water partition coefficient (Wildman–Crippen LogP) is 2.10. The van der Waals surface area contributed by atoms with E-state index in [4.69, 9.17) is 5.73 Å². The number of carbonyl (C=O) groups excluding carboxylic acids is 1. The minimum Gasteiger partial charge on any atom is -0.338 e. The van der Waals surface area contributed by atoms with Gasteiger partial charge in [-0.05, 0) is 26.7 Å². The summed E-state index contributed by atoms with van der Waals surface area (Å²) in [6, 6.07) is 0.653. The molecule has 0 saturated carbocycles. The van der Waals surface area contributed by atoms with E-state index >= 15 is 0 Å². The molecule has 3 nitrogen and oxygen atoms in total. The molecule has 4 heteroatoms. The van der Waals surface area contributed by atoms with E-state index in [1.807, 2.05) is 18.7 Å². The molecule has 0 aromatic carbocycles. The maximum absolute atomic E-state index is 12.3. The molecule has 3 atom stereocenters. The lowest BCUT2D eigenvalue weighted by molar-refractivity contribution is -0.136. The van der Waals surface area contributed by atoms with Crippen molar-refractivity contribution < 1.29 is 4.79 Å². The van der Waals surface area contributed by atoms with Crippen LogP contribution in [0.5, 0.6) is 0 Å². The van der Waals surface area contributed by atoms with Crippen LogP contribution in [-0.4, -0.2) is 40.9 Å². The Hall–Kier alpha value is -0.220. The molecule has 1 saturated heterocycles. The molecule has 1 rings (SSSR count). The molecule has 100 valence electrons. The second-order valence-electron chi connectivity index (χ2n) is 5.26. The highest BCUT2D eigenvalue weighted by molar-refractivity contribution is 7.99. The van der Waals surface area contributed by atoms with Crippen molar-refractivity contribution in [3.8, 4) is 0 Å². The predicted molar refractivity (Wildman–Crippen MR) is 75.2 cm³/mol. The second kappa shape index (κ2) is 7.27. The third-order valence-corrected chi connectivity index (χ3v) is 4.56. The summed E-state index contributed by atoms with van der Waals surface area (Å²) in [4.78, 5) is 14.3. The average Bonchev–Trinajstić information content (AvgIpc) is 2.28. The number of rotatable bonds is 5. The molecule has 0 radical (unpaired) electrons. The van der Waals surface area contributed by atoms with Crippen molar-refractivity contribution in [2.75, 3.05) is 18.1 Å². The number of carbonyl (C=O) groups is 1. The van der Waals surface area contributed by atoms with E-state index in [0.29, 0.717) is 11.9 Å². The van der Waals surface area contributed by atoms with Crippen molar-refractivity contribution in [1.29, 1.82) is 0 Å². The third-order valence-electron chi connectivity index (χ3n) is 3.37. The van der Waals surface area contributed by atoms with Crippen LogP contribution in [0.1, 0.15) is 40.0 Å². The molecular formula is C13H26N2OS. The number of nitrogens with two attached hydrogens (primary N) is 1. The van der Waals surface area contributed by atoms with Gasteiger partial charge >= 0.3 is 0 Å².